The van der Waals surface area contributed by atoms with Crippen LogP contribution in [0.3, 0.4) is 0 Å². The molecular formula is C19H21NO3. The molecule has 120 valence electrons. The van der Waals surface area contributed by atoms with Gasteiger partial charge in [-0.25, -0.2) is 0 Å². The van der Waals surface area contributed by atoms with Crippen LogP contribution in [0.4, 0.5) is 5.69 Å². The third-order valence-corrected chi connectivity index (χ3v) is 3.54. The topological polar surface area (TPSA) is 55.4 Å². The van der Waals surface area contributed by atoms with Crippen molar-refractivity contribution in [3.63, 3.8) is 0 Å². The van der Waals surface area contributed by atoms with E-state index in [0.29, 0.717) is 12.1 Å². The summed E-state index contributed by atoms with van der Waals surface area (Å²) in [5, 5.41) is 2.72. The Labute approximate surface area is 136 Å². The molecule has 2 aromatic rings. The minimum Gasteiger partial charge on any atom is -0.455 e. The highest BCUT2D eigenvalue weighted by Gasteiger charge is 2.20. The van der Waals surface area contributed by atoms with Crippen molar-refractivity contribution in [2.75, 3.05) is 11.9 Å². The number of ether oxygens (including phenoxy) is 1. The molecule has 0 saturated heterocycles. The third-order valence-electron chi connectivity index (χ3n) is 3.54. The second-order valence-corrected chi connectivity index (χ2v) is 5.40. The fourth-order valence-corrected chi connectivity index (χ4v) is 2.38. The minimum atomic E-state index is -0.377. The van der Waals surface area contributed by atoms with Crippen molar-refractivity contribution >= 4 is 17.6 Å². The average molecular weight is 311 g/mol. The number of amides is 1. The minimum absolute atomic E-state index is 0.282. The summed E-state index contributed by atoms with van der Waals surface area (Å²) in [6, 6.07) is 16.9. The predicted molar refractivity (Wildman–Crippen MR) is 90.2 cm³/mol. The van der Waals surface area contributed by atoms with Crippen LogP contribution in [0.5, 0.6) is 0 Å². The first-order valence-corrected chi connectivity index (χ1v) is 7.68. The molecule has 0 bridgehead atoms. The second-order valence-electron chi connectivity index (χ2n) is 5.40. The molecule has 0 saturated carbocycles. The van der Waals surface area contributed by atoms with E-state index in [4.69, 9.17) is 4.74 Å². The maximum atomic E-state index is 12.2. The third kappa shape index (κ3) is 4.95. The zero-order chi connectivity index (χ0) is 16.7. The summed E-state index contributed by atoms with van der Waals surface area (Å²) < 4.78 is 5.16. The molecule has 1 amide bonds. The van der Waals surface area contributed by atoms with Gasteiger partial charge in [0, 0.05) is 5.69 Å². The molecule has 1 unspecified atom stereocenters. The van der Waals surface area contributed by atoms with Gasteiger partial charge in [-0.3, -0.25) is 9.59 Å². The van der Waals surface area contributed by atoms with Crippen molar-refractivity contribution in [2.24, 2.45) is 0 Å². The van der Waals surface area contributed by atoms with Crippen LogP contribution in [-0.4, -0.2) is 18.5 Å². The van der Waals surface area contributed by atoms with E-state index in [0.717, 1.165) is 11.1 Å². The number of esters is 1. The van der Waals surface area contributed by atoms with Crippen LogP contribution in [0.2, 0.25) is 0 Å². The lowest BCUT2D eigenvalue weighted by atomic mass is 9.97. The van der Waals surface area contributed by atoms with E-state index in [1.165, 1.54) is 0 Å². The molecule has 1 N–H and O–H groups in total. The smallest absolute Gasteiger partial charge is 0.313 e. The summed E-state index contributed by atoms with van der Waals surface area (Å²) in [5.41, 5.74) is 2.65. The van der Waals surface area contributed by atoms with Gasteiger partial charge in [0.2, 0.25) is 0 Å². The Balaban J connectivity index is 1.89. The number of carbonyl (C=O) groups is 2. The summed E-state index contributed by atoms with van der Waals surface area (Å²) in [7, 11) is 0. The van der Waals surface area contributed by atoms with Crippen molar-refractivity contribution in [2.45, 2.75) is 26.2 Å². The van der Waals surface area contributed by atoms with Gasteiger partial charge in [-0.2, -0.15) is 0 Å². The molecule has 0 fully saturated rings. The average Bonchev–Trinajstić information content (AvgIpc) is 2.55. The molecule has 0 aliphatic rings. The summed E-state index contributed by atoms with van der Waals surface area (Å²) in [6.07, 6.45) is 0.627. The van der Waals surface area contributed by atoms with Gasteiger partial charge in [0.1, 0.15) is 0 Å². The molecule has 2 rings (SSSR count). The fraction of sp³-hybridized carbons (Fsp3) is 0.263. The van der Waals surface area contributed by atoms with Crippen LogP contribution in [-0.2, 0) is 14.3 Å². The van der Waals surface area contributed by atoms with Crippen LogP contribution >= 0.6 is 0 Å². The molecule has 23 heavy (non-hydrogen) atoms. The van der Waals surface area contributed by atoms with Crippen molar-refractivity contribution in [1.82, 2.24) is 0 Å². The van der Waals surface area contributed by atoms with E-state index < -0.39 is 0 Å². The lowest BCUT2D eigenvalue weighted by molar-refractivity contribution is -0.149. The molecule has 0 radical (unpaired) electrons. The van der Waals surface area contributed by atoms with Crippen molar-refractivity contribution in [3.05, 3.63) is 65.7 Å². The van der Waals surface area contributed by atoms with E-state index in [-0.39, 0.29) is 24.4 Å². The summed E-state index contributed by atoms with van der Waals surface area (Å²) >= 11 is 0. The fourth-order valence-electron chi connectivity index (χ4n) is 2.38. The molecule has 0 aliphatic carbocycles. The van der Waals surface area contributed by atoms with Crippen molar-refractivity contribution in [3.8, 4) is 0 Å². The van der Waals surface area contributed by atoms with Gasteiger partial charge in [0.15, 0.2) is 6.61 Å². The van der Waals surface area contributed by atoms with E-state index >= 15 is 0 Å². The SMILES string of the molecule is CCC(C(=O)OCC(=O)Nc1cccc(C)c1)c1ccccc1. The van der Waals surface area contributed by atoms with Crippen LogP contribution < -0.4 is 5.32 Å². The normalized spacial score (nSPS) is 11.6. The zero-order valence-electron chi connectivity index (χ0n) is 13.4. The van der Waals surface area contributed by atoms with Gasteiger partial charge >= 0.3 is 5.97 Å². The van der Waals surface area contributed by atoms with Crippen LogP contribution in [0.15, 0.2) is 54.6 Å². The van der Waals surface area contributed by atoms with Crippen LogP contribution in [0, 0.1) is 6.92 Å². The Morgan fingerprint density at radius 1 is 1.09 bits per heavy atom. The molecular weight excluding hydrogens is 290 g/mol. The Bertz CT molecular complexity index is 667. The molecule has 0 aliphatic heterocycles. The van der Waals surface area contributed by atoms with Gasteiger partial charge in [-0.15, -0.1) is 0 Å². The summed E-state index contributed by atoms with van der Waals surface area (Å²) in [5.74, 6) is -1.06. The number of anilines is 1. The van der Waals surface area contributed by atoms with Gasteiger partial charge < -0.3 is 10.1 Å². The Morgan fingerprint density at radius 2 is 1.83 bits per heavy atom. The Hall–Kier alpha value is -2.62. The van der Waals surface area contributed by atoms with Gasteiger partial charge in [0.25, 0.3) is 5.91 Å². The number of carbonyl (C=O) groups excluding carboxylic acids is 2. The van der Waals surface area contributed by atoms with Crippen LogP contribution in [0.25, 0.3) is 0 Å². The quantitative estimate of drug-likeness (QED) is 0.828. The van der Waals surface area contributed by atoms with Crippen molar-refractivity contribution in [1.29, 1.82) is 0 Å². The van der Waals surface area contributed by atoms with Gasteiger partial charge in [-0.05, 0) is 36.6 Å². The maximum Gasteiger partial charge on any atom is 0.313 e. The number of nitrogens with one attached hydrogen (secondary N) is 1. The molecule has 4 nitrogen and oxygen atoms in total. The van der Waals surface area contributed by atoms with Crippen LogP contribution in [0.1, 0.15) is 30.4 Å². The second kappa shape index (κ2) is 8.13. The molecule has 2 aromatic carbocycles. The largest absolute Gasteiger partial charge is 0.455 e. The van der Waals surface area contributed by atoms with E-state index in [1.54, 1.807) is 6.07 Å². The monoisotopic (exact) mass is 311 g/mol. The van der Waals surface area contributed by atoms with E-state index in [9.17, 15) is 9.59 Å². The van der Waals surface area contributed by atoms with E-state index in [1.807, 2.05) is 62.4 Å². The molecule has 1 atom stereocenters. The highest BCUT2D eigenvalue weighted by Crippen LogP contribution is 2.20. The number of hydrogen-bond donors (Lipinski definition) is 1. The first-order chi connectivity index (χ1) is 11.1. The first kappa shape index (κ1) is 16.7. The first-order valence-electron chi connectivity index (χ1n) is 7.68. The highest BCUT2D eigenvalue weighted by atomic mass is 16.5. The predicted octanol–water partition coefficient (Wildman–Crippen LogP) is 3.67. The van der Waals surface area contributed by atoms with E-state index in [2.05, 4.69) is 5.32 Å². The number of aryl methyl sites for hydroxylation is 1. The number of rotatable bonds is 6. The Morgan fingerprint density at radius 3 is 2.48 bits per heavy atom. The number of benzene rings is 2. The van der Waals surface area contributed by atoms with Crippen molar-refractivity contribution < 1.29 is 14.3 Å². The molecule has 0 aromatic heterocycles. The summed E-state index contributed by atoms with van der Waals surface area (Å²) in [4.78, 5) is 24.1. The highest BCUT2D eigenvalue weighted by molar-refractivity contribution is 5.93. The summed E-state index contributed by atoms with van der Waals surface area (Å²) in [6.45, 7) is 3.59. The lowest BCUT2D eigenvalue weighted by Gasteiger charge is -2.14. The molecule has 0 spiro atoms. The maximum absolute atomic E-state index is 12.2. The van der Waals surface area contributed by atoms with Gasteiger partial charge in [0.05, 0.1) is 5.92 Å². The molecule has 4 heteroatoms. The zero-order valence-corrected chi connectivity index (χ0v) is 13.4. The lowest BCUT2D eigenvalue weighted by Crippen LogP contribution is -2.23. The van der Waals surface area contributed by atoms with Gasteiger partial charge in [-0.1, -0.05) is 49.4 Å². The molecule has 0 heterocycles. The Kier molecular flexibility index (Phi) is 5.92. The number of hydrogen-bond acceptors (Lipinski definition) is 3. The standard InChI is InChI=1S/C19H21NO3/c1-3-17(15-9-5-4-6-10-15)19(22)23-13-18(21)20-16-11-7-8-14(2)12-16/h4-12,17H,3,13H2,1-2H3,(H,20,21).